The molecule has 134 valence electrons. The van der Waals surface area contributed by atoms with Gasteiger partial charge in [0.25, 0.3) is 0 Å². The molecule has 0 heterocycles. The molecule has 5 nitrogen and oxygen atoms in total. The highest BCUT2D eigenvalue weighted by Gasteiger charge is 2.23. The monoisotopic (exact) mass is 384 g/mol. The Hall–Kier alpha value is -2.12. The number of rotatable bonds is 7. The molecule has 0 saturated heterocycles. The Kier molecular flexibility index (Phi) is 6.39. The normalized spacial score (nSPS) is 11.2. The largest absolute Gasteiger partial charge is 0.354 e. The number of sulfonamides is 1. The molecule has 0 bridgehead atoms. The first kappa shape index (κ1) is 19.2. The molecule has 0 unspecified atom stereocenters. The van der Waals surface area contributed by atoms with Crippen molar-refractivity contribution in [2.24, 2.45) is 0 Å². The van der Waals surface area contributed by atoms with Crippen LogP contribution in [-0.2, 0) is 21.2 Å². The smallest absolute Gasteiger partial charge is 0.240 e. The van der Waals surface area contributed by atoms with Crippen molar-refractivity contribution in [3.63, 3.8) is 0 Å². The van der Waals surface area contributed by atoms with E-state index in [-0.39, 0.29) is 10.7 Å². The van der Waals surface area contributed by atoms with E-state index < -0.39 is 28.3 Å². The summed E-state index contributed by atoms with van der Waals surface area (Å²) in [4.78, 5) is 12.1. The molecule has 25 heavy (non-hydrogen) atoms. The minimum absolute atomic E-state index is 0.141. The van der Waals surface area contributed by atoms with Crippen molar-refractivity contribution < 1.29 is 17.6 Å². The fraction of sp³-hybridized carbons (Fsp3) is 0.235. The van der Waals surface area contributed by atoms with Crippen molar-refractivity contribution in [1.29, 1.82) is 0 Å². The van der Waals surface area contributed by atoms with Gasteiger partial charge in [-0.3, -0.25) is 9.10 Å². The van der Waals surface area contributed by atoms with Gasteiger partial charge in [0.1, 0.15) is 12.4 Å². The summed E-state index contributed by atoms with van der Waals surface area (Å²) in [5.74, 6) is -1.33. The molecule has 0 aromatic heterocycles. The first-order valence-electron chi connectivity index (χ1n) is 7.51. The van der Waals surface area contributed by atoms with Gasteiger partial charge in [-0.05, 0) is 30.2 Å². The maximum atomic E-state index is 14.0. The SMILES string of the molecule is CS(=O)(=O)N(CC(=O)NCCc1ccccc1)c1ccc(Cl)cc1F. The van der Waals surface area contributed by atoms with E-state index in [4.69, 9.17) is 11.6 Å². The summed E-state index contributed by atoms with van der Waals surface area (Å²) >= 11 is 5.68. The van der Waals surface area contributed by atoms with Crippen LogP contribution < -0.4 is 9.62 Å². The number of anilines is 1. The number of halogens is 2. The van der Waals surface area contributed by atoms with E-state index in [1.165, 1.54) is 12.1 Å². The zero-order chi connectivity index (χ0) is 18.4. The highest BCUT2D eigenvalue weighted by Crippen LogP contribution is 2.24. The molecule has 1 amide bonds. The van der Waals surface area contributed by atoms with E-state index in [0.717, 1.165) is 22.2 Å². The molecule has 2 rings (SSSR count). The number of hydrogen-bond donors (Lipinski definition) is 1. The molecule has 0 aliphatic carbocycles. The van der Waals surface area contributed by atoms with Crippen LogP contribution in [0.5, 0.6) is 0 Å². The molecule has 0 saturated carbocycles. The Morgan fingerprint density at radius 2 is 1.88 bits per heavy atom. The van der Waals surface area contributed by atoms with Crippen LogP contribution in [0.2, 0.25) is 5.02 Å². The molecular formula is C17H18ClFN2O3S. The third-order valence-electron chi connectivity index (χ3n) is 3.44. The number of nitrogens with zero attached hydrogens (tertiary/aromatic N) is 1. The second kappa shape index (κ2) is 8.31. The Labute approximate surface area is 151 Å². The van der Waals surface area contributed by atoms with Crippen molar-refractivity contribution >= 4 is 33.2 Å². The number of carbonyl (C=O) groups is 1. The number of benzene rings is 2. The lowest BCUT2D eigenvalue weighted by Crippen LogP contribution is -2.41. The van der Waals surface area contributed by atoms with Gasteiger partial charge in [0, 0.05) is 11.6 Å². The Bertz CT molecular complexity index is 844. The van der Waals surface area contributed by atoms with Gasteiger partial charge in [-0.2, -0.15) is 0 Å². The van der Waals surface area contributed by atoms with Crippen molar-refractivity contribution in [2.75, 3.05) is 23.7 Å². The van der Waals surface area contributed by atoms with Crippen LogP contribution in [0.4, 0.5) is 10.1 Å². The Balaban J connectivity index is 2.03. The van der Waals surface area contributed by atoms with Crippen LogP contribution in [0.3, 0.4) is 0 Å². The fourth-order valence-corrected chi connectivity index (χ4v) is 3.26. The predicted octanol–water partition coefficient (Wildman–Crippen LogP) is 2.60. The lowest BCUT2D eigenvalue weighted by Gasteiger charge is -2.22. The Morgan fingerprint density at radius 1 is 1.20 bits per heavy atom. The summed E-state index contributed by atoms with van der Waals surface area (Å²) < 4.78 is 38.6. The quantitative estimate of drug-likeness (QED) is 0.798. The summed E-state index contributed by atoms with van der Waals surface area (Å²) in [5, 5.41) is 2.78. The lowest BCUT2D eigenvalue weighted by molar-refractivity contribution is -0.119. The Morgan fingerprint density at radius 3 is 2.48 bits per heavy atom. The van der Waals surface area contributed by atoms with E-state index >= 15 is 0 Å². The van der Waals surface area contributed by atoms with Crippen molar-refractivity contribution in [3.8, 4) is 0 Å². The molecule has 0 aliphatic heterocycles. The van der Waals surface area contributed by atoms with Crippen LogP contribution in [0, 0.1) is 5.82 Å². The van der Waals surface area contributed by atoms with E-state index in [9.17, 15) is 17.6 Å². The third kappa shape index (κ3) is 5.72. The first-order chi connectivity index (χ1) is 11.8. The zero-order valence-corrected chi connectivity index (χ0v) is 15.1. The van der Waals surface area contributed by atoms with Gasteiger partial charge < -0.3 is 5.32 Å². The lowest BCUT2D eigenvalue weighted by atomic mass is 10.1. The average molecular weight is 385 g/mol. The van der Waals surface area contributed by atoms with Crippen LogP contribution >= 0.6 is 11.6 Å². The molecule has 0 spiro atoms. The topological polar surface area (TPSA) is 66.5 Å². The van der Waals surface area contributed by atoms with Gasteiger partial charge in [0.05, 0.1) is 11.9 Å². The minimum Gasteiger partial charge on any atom is -0.354 e. The molecule has 0 aliphatic rings. The number of amides is 1. The maximum absolute atomic E-state index is 14.0. The third-order valence-corrected chi connectivity index (χ3v) is 4.81. The standard InChI is InChI=1S/C17H18ClFN2O3S/c1-25(23,24)21(16-8-7-14(18)11-15(16)19)12-17(22)20-10-9-13-5-3-2-4-6-13/h2-8,11H,9-10,12H2,1H3,(H,20,22). The molecule has 0 atom stereocenters. The van der Waals surface area contributed by atoms with E-state index in [0.29, 0.717) is 13.0 Å². The van der Waals surface area contributed by atoms with Crippen molar-refractivity contribution in [1.82, 2.24) is 5.32 Å². The van der Waals surface area contributed by atoms with Gasteiger partial charge >= 0.3 is 0 Å². The maximum Gasteiger partial charge on any atom is 0.240 e. The number of hydrogen-bond acceptors (Lipinski definition) is 3. The summed E-state index contributed by atoms with van der Waals surface area (Å²) in [7, 11) is -3.84. The van der Waals surface area contributed by atoms with E-state index in [1.807, 2.05) is 30.3 Å². The minimum atomic E-state index is -3.84. The van der Waals surface area contributed by atoms with Crippen LogP contribution in [0.15, 0.2) is 48.5 Å². The molecule has 2 aromatic carbocycles. The highest BCUT2D eigenvalue weighted by atomic mass is 35.5. The molecule has 2 aromatic rings. The van der Waals surface area contributed by atoms with Gasteiger partial charge in [-0.15, -0.1) is 0 Å². The summed E-state index contributed by atoms with van der Waals surface area (Å²) in [6.45, 7) is -0.157. The summed E-state index contributed by atoms with van der Waals surface area (Å²) in [6, 6.07) is 13.1. The predicted molar refractivity (Wildman–Crippen MR) is 96.8 cm³/mol. The van der Waals surface area contributed by atoms with Crippen molar-refractivity contribution in [2.45, 2.75) is 6.42 Å². The highest BCUT2D eigenvalue weighted by molar-refractivity contribution is 7.92. The zero-order valence-electron chi connectivity index (χ0n) is 13.6. The number of nitrogens with one attached hydrogen (secondary N) is 1. The molecular weight excluding hydrogens is 367 g/mol. The second-order valence-electron chi connectivity index (χ2n) is 5.45. The van der Waals surface area contributed by atoms with Gasteiger partial charge in [0.15, 0.2) is 0 Å². The second-order valence-corrected chi connectivity index (χ2v) is 7.79. The van der Waals surface area contributed by atoms with Gasteiger partial charge in [-0.25, -0.2) is 12.8 Å². The summed E-state index contributed by atoms with van der Waals surface area (Å²) in [5.41, 5.74) is 0.830. The molecule has 0 radical (unpaired) electrons. The molecule has 1 N–H and O–H groups in total. The number of carbonyl (C=O) groups excluding carboxylic acids is 1. The summed E-state index contributed by atoms with van der Waals surface area (Å²) in [6.07, 6.45) is 1.53. The fourth-order valence-electron chi connectivity index (χ4n) is 2.24. The average Bonchev–Trinajstić information content (AvgIpc) is 2.53. The first-order valence-corrected chi connectivity index (χ1v) is 9.73. The van der Waals surface area contributed by atoms with E-state index in [2.05, 4.69) is 5.32 Å². The van der Waals surface area contributed by atoms with Crippen LogP contribution in [-0.4, -0.2) is 33.7 Å². The van der Waals surface area contributed by atoms with E-state index in [1.54, 1.807) is 0 Å². The van der Waals surface area contributed by atoms with Gasteiger partial charge in [-0.1, -0.05) is 41.9 Å². The van der Waals surface area contributed by atoms with Crippen LogP contribution in [0.25, 0.3) is 0 Å². The van der Waals surface area contributed by atoms with Crippen LogP contribution in [0.1, 0.15) is 5.56 Å². The molecule has 8 heteroatoms. The van der Waals surface area contributed by atoms with Gasteiger partial charge in [0.2, 0.25) is 15.9 Å². The van der Waals surface area contributed by atoms with Crippen molar-refractivity contribution in [3.05, 3.63) is 64.9 Å². The molecule has 0 fully saturated rings.